The number of nitrogens with zero attached hydrogens (tertiary/aromatic N) is 2. The predicted molar refractivity (Wildman–Crippen MR) is 104 cm³/mol. The molecule has 156 valence electrons. The maximum absolute atomic E-state index is 13.6. The van der Waals surface area contributed by atoms with E-state index in [2.05, 4.69) is 5.32 Å². The molecule has 1 aliphatic heterocycles. The second kappa shape index (κ2) is 9.43. The van der Waals surface area contributed by atoms with E-state index in [0.29, 0.717) is 31.7 Å². The second-order valence-corrected chi connectivity index (χ2v) is 8.74. The fourth-order valence-electron chi connectivity index (χ4n) is 3.15. The highest BCUT2D eigenvalue weighted by atomic mass is 32.2. The molecule has 2 aromatic rings. The highest BCUT2D eigenvalue weighted by Crippen LogP contribution is 2.20. The van der Waals surface area contributed by atoms with Crippen molar-refractivity contribution in [3.05, 3.63) is 65.7 Å². The molecule has 0 unspecified atom stereocenters. The predicted octanol–water partition coefficient (Wildman–Crippen LogP) is 1.98. The van der Waals surface area contributed by atoms with Crippen molar-refractivity contribution in [2.24, 2.45) is 0 Å². The summed E-state index contributed by atoms with van der Waals surface area (Å²) >= 11 is 0. The number of hydrogen-bond donors (Lipinski definition) is 1. The van der Waals surface area contributed by atoms with Gasteiger partial charge in [0.1, 0.15) is 11.6 Å². The normalized spacial score (nSPS) is 14.9. The van der Waals surface area contributed by atoms with E-state index in [-0.39, 0.29) is 30.3 Å². The first-order chi connectivity index (χ1) is 13.9. The lowest BCUT2D eigenvalue weighted by molar-refractivity contribution is -0.131. The number of nitrogens with one attached hydrogen (secondary N) is 1. The number of carbonyl (C=O) groups is 1. The van der Waals surface area contributed by atoms with Gasteiger partial charge in [0, 0.05) is 45.7 Å². The zero-order valence-corrected chi connectivity index (χ0v) is 16.7. The minimum Gasteiger partial charge on any atom is -0.340 e. The Morgan fingerprint density at radius 1 is 1.03 bits per heavy atom. The average molecular weight is 423 g/mol. The number of piperazine rings is 1. The molecule has 1 fully saturated rings. The Hall–Kier alpha value is -2.36. The lowest BCUT2D eigenvalue weighted by Gasteiger charge is -2.29. The van der Waals surface area contributed by atoms with Crippen LogP contribution in [-0.2, 0) is 21.4 Å². The van der Waals surface area contributed by atoms with Crippen LogP contribution in [0.1, 0.15) is 12.0 Å². The molecule has 9 heteroatoms. The van der Waals surface area contributed by atoms with Gasteiger partial charge in [-0.25, -0.2) is 17.2 Å². The van der Waals surface area contributed by atoms with Crippen LogP contribution in [0, 0.1) is 11.6 Å². The summed E-state index contributed by atoms with van der Waals surface area (Å²) in [6.45, 7) is 2.45. The molecule has 0 atom stereocenters. The molecule has 1 aliphatic rings. The molecule has 29 heavy (non-hydrogen) atoms. The van der Waals surface area contributed by atoms with Crippen LogP contribution in [0.3, 0.4) is 0 Å². The van der Waals surface area contributed by atoms with Crippen LogP contribution in [0.5, 0.6) is 0 Å². The number of hydrogen-bond acceptors (Lipinski definition) is 4. The van der Waals surface area contributed by atoms with Gasteiger partial charge in [-0.1, -0.05) is 18.2 Å². The Bertz CT molecular complexity index is 946. The van der Waals surface area contributed by atoms with Gasteiger partial charge in [-0.05, 0) is 35.9 Å². The van der Waals surface area contributed by atoms with E-state index in [4.69, 9.17) is 0 Å². The van der Waals surface area contributed by atoms with Crippen LogP contribution >= 0.6 is 0 Å². The lowest BCUT2D eigenvalue weighted by atomic mass is 10.2. The molecule has 0 aliphatic carbocycles. The average Bonchev–Trinajstić information content (AvgIpc) is 2.72. The number of rotatable bonds is 7. The molecule has 0 saturated carbocycles. The molecule has 0 radical (unpaired) electrons. The summed E-state index contributed by atoms with van der Waals surface area (Å²) in [7, 11) is -4.04. The first-order valence-electron chi connectivity index (χ1n) is 9.35. The highest BCUT2D eigenvalue weighted by molar-refractivity contribution is 7.89. The van der Waals surface area contributed by atoms with Gasteiger partial charge in [-0.3, -0.25) is 4.79 Å². The monoisotopic (exact) mass is 423 g/mol. The summed E-state index contributed by atoms with van der Waals surface area (Å²) in [6.07, 6.45) is 0.00966. The topological polar surface area (TPSA) is 69.7 Å². The summed E-state index contributed by atoms with van der Waals surface area (Å²) in [5.74, 6) is -1.23. The molecule has 1 amide bonds. The van der Waals surface area contributed by atoms with Crippen molar-refractivity contribution in [1.29, 1.82) is 0 Å². The molecule has 1 saturated heterocycles. The van der Waals surface area contributed by atoms with Crippen LogP contribution < -0.4 is 5.32 Å². The van der Waals surface area contributed by atoms with Gasteiger partial charge in [0.15, 0.2) is 0 Å². The van der Waals surface area contributed by atoms with Crippen LogP contribution in [0.4, 0.5) is 8.78 Å². The van der Waals surface area contributed by atoms with Crippen LogP contribution in [0.2, 0.25) is 0 Å². The Morgan fingerprint density at radius 3 is 2.38 bits per heavy atom. The van der Waals surface area contributed by atoms with E-state index in [0.717, 1.165) is 16.4 Å². The SMILES string of the molecule is O=C(CCN(Cc1ccc(F)cc1)S(=O)(=O)c1cccc(F)c1)N1CCNCC1. The first kappa shape index (κ1) is 21.4. The number of amides is 1. The number of carbonyl (C=O) groups excluding carboxylic acids is 1. The van der Waals surface area contributed by atoms with Crippen molar-refractivity contribution < 1.29 is 22.0 Å². The van der Waals surface area contributed by atoms with Crippen molar-refractivity contribution in [1.82, 2.24) is 14.5 Å². The van der Waals surface area contributed by atoms with Crippen molar-refractivity contribution in [3.63, 3.8) is 0 Å². The largest absolute Gasteiger partial charge is 0.340 e. The minimum atomic E-state index is -4.04. The third-order valence-corrected chi connectivity index (χ3v) is 6.59. The third-order valence-electron chi connectivity index (χ3n) is 4.75. The zero-order chi connectivity index (χ0) is 20.9. The van der Waals surface area contributed by atoms with Crippen LogP contribution in [0.15, 0.2) is 53.4 Å². The standard InChI is InChI=1S/C20H23F2N3O3S/c21-17-6-4-16(5-7-17)15-25(11-8-20(26)24-12-9-23-10-13-24)29(27,28)19-3-1-2-18(22)14-19/h1-7,14,23H,8-13,15H2. The van der Waals surface area contributed by atoms with E-state index in [1.165, 1.54) is 36.4 Å². The summed E-state index contributed by atoms with van der Waals surface area (Å²) in [5, 5.41) is 3.16. The van der Waals surface area contributed by atoms with E-state index >= 15 is 0 Å². The van der Waals surface area contributed by atoms with Crippen molar-refractivity contribution >= 4 is 15.9 Å². The fourth-order valence-corrected chi connectivity index (χ4v) is 4.61. The number of halogens is 2. The van der Waals surface area contributed by atoms with E-state index in [9.17, 15) is 22.0 Å². The van der Waals surface area contributed by atoms with Crippen molar-refractivity contribution in [2.45, 2.75) is 17.9 Å². The first-order valence-corrected chi connectivity index (χ1v) is 10.8. The molecule has 6 nitrogen and oxygen atoms in total. The molecular formula is C20H23F2N3O3S. The van der Waals surface area contributed by atoms with E-state index in [1.54, 1.807) is 4.90 Å². The summed E-state index contributed by atoms with van der Waals surface area (Å²) in [5.41, 5.74) is 0.570. The minimum absolute atomic E-state index is 0.00966. The summed E-state index contributed by atoms with van der Waals surface area (Å²) < 4.78 is 54.1. The van der Waals surface area contributed by atoms with Crippen LogP contribution in [-0.4, -0.2) is 56.3 Å². The van der Waals surface area contributed by atoms with E-state index in [1.807, 2.05) is 0 Å². The Balaban J connectivity index is 1.80. The molecule has 0 aromatic heterocycles. The molecule has 0 spiro atoms. The van der Waals surface area contributed by atoms with Gasteiger partial charge in [-0.15, -0.1) is 0 Å². The van der Waals surface area contributed by atoms with E-state index < -0.39 is 21.7 Å². The Kier molecular flexibility index (Phi) is 6.94. The smallest absolute Gasteiger partial charge is 0.243 e. The van der Waals surface area contributed by atoms with Gasteiger partial charge < -0.3 is 10.2 Å². The van der Waals surface area contributed by atoms with Gasteiger partial charge in [0.05, 0.1) is 4.90 Å². The van der Waals surface area contributed by atoms with Crippen molar-refractivity contribution in [2.75, 3.05) is 32.7 Å². The Morgan fingerprint density at radius 2 is 1.72 bits per heavy atom. The second-order valence-electron chi connectivity index (χ2n) is 6.80. The quantitative estimate of drug-likeness (QED) is 0.740. The van der Waals surface area contributed by atoms with Gasteiger partial charge >= 0.3 is 0 Å². The number of sulfonamides is 1. The van der Waals surface area contributed by atoms with Gasteiger partial charge in [0.25, 0.3) is 0 Å². The summed E-state index contributed by atoms with van der Waals surface area (Å²) in [6, 6.07) is 10.2. The fraction of sp³-hybridized carbons (Fsp3) is 0.350. The maximum Gasteiger partial charge on any atom is 0.243 e. The summed E-state index contributed by atoms with van der Waals surface area (Å²) in [4.78, 5) is 14.0. The third kappa shape index (κ3) is 5.59. The molecular weight excluding hydrogens is 400 g/mol. The lowest BCUT2D eigenvalue weighted by Crippen LogP contribution is -2.47. The molecule has 0 bridgehead atoms. The molecule has 3 rings (SSSR count). The van der Waals surface area contributed by atoms with Crippen LogP contribution in [0.25, 0.3) is 0 Å². The molecule has 1 heterocycles. The molecule has 2 aromatic carbocycles. The highest BCUT2D eigenvalue weighted by Gasteiger charge is 2.27. The maximum atomic E-state index is 13.6. The van der Waals surface area contributed by atoms with Crippen molar-refractivity contribution in [3.8, 4) is 0 Å². The number of benzene rings is 2. The van der Waals surface area contributed by atoms with Gasteiger partial charge in [0.2, 0.25) is 15.9 Å². The Labute approximate surface area is 169 Å². The molecule has 1 N–H and O–H groups in total. The zero-order valence-electron chi connectivity index (χ0n) is 15.9. The van der Waals surface area contributed by atoms with Gasteiger partial charge in [-0.2, -0.15) is 4.31 Å².